The lowest BCUT2D eigenvalue weighted by molar-refractivity contribution is -0.168. The van der Waals surface area contributed by atoms with Gasteiger partial charge in [-0.25, -0.2) is 0 Å². The molecule has 0 N–H and O–H groups in total. The second-order valence-electron chi connectivity index (χ2n) is 12.8. The van der Waals surface area contributed by atoms with E-state index < -0.39 is 11.0 Å². The molecule has 1 aromatic heterocycles. The monoisotopic (exact) mass is 554 g/mol. The number of ether oxygens (including phenoxy) is 3. The number of para-hydroxylation sites is 1. The molecule has 0 unspecified atom stereocenters. The predicted octanol–water partition coefficient (Wildman–Crippen LogP) is 5.08. The van der Waals surface area contributed by atoms with Gasteiger partial charge in [-0.1, -0.05) is 31.5 Å². The highest BCUT2D eigenvalue weighted by Crippen LogP contribution is 2.43. The fourth-order valence-electron chi connectivity index (χ4n) is 6.44. The second kappa shape index (κ2) is 12.2. The van der Waals surface area contributed by atoms with Crippen LogP contribution in [0.4, 0.5) is 0 Å². The molecule has 1 aromatic carbocycles. The van der Waals surface area contributed by atoms with Crippen molar-refractivity contribution < 1.29 is 28.2 Å². The smallest absolute Gasteiger partial charge is 0.316 e. The number of carbonyl (C=O) groups is 2. The largest absolute Gasteiger partial charge is 0.460 e. The molecule has 3 saturated heterocycles. The number of nitrogens with zero attached hydrogens (tertiary/aromatic N) is 2. The van der Waals surface area contributed by atoms with Crippen LogP contribution in [0.15, 0.2) is 28.7 Å². The highest BCUT2D eigenvalue weighted by Gasteiger charge is 2.57. The van der Waals surface area contributed by atoms with E-state index in [0.717, 1.165) is 73.9 Å². The molecule has 0 aliphatic carbocycles. The van der Waals surface area contributed by atoms with E-state index >= 15 is 0 Å². The van der Waals surface area contributed by atoms with E-state index in [-0.39, 0.29) is 23.9 Å². The molecule has 0 saturated carbocycles. The average Bonchev–Trinajstić information content (AvgIpc) is 3.60. The Morgan fingerprint density at radius 1 is 1.12 bits per heavy atom. The van der Waals surface area contributed by atoms with E-state index in [1.165, 1.54) is 0 Å². The lowest BCUT2D eigenvalue weighted by atomic mass is 9.81. The normalized spacial score (nSPS) is 24.1. The minimum absolute atomic E-state index is 0.0805. The zero-order chi connectivity index (χ0) is 28.3. The number of furan rings is 1. The first-order valence-corrected chi connectivity index (χ1v) is 15.1. The van der Waals surface area contributed by atoms with Gasteiger partial charge in [0.2, 0.25) is 0 Å². The summed E-state index contributed by atoms with van der Waals surface area (Å²) in [5.41, 5.74) is 0.503. The van der Waals surface area contributed by atoms with Gasteiger partial charge in [0.1, 0.15) is 22.4 Å². The molecule has 8 nitrogen and oxygen atoms in total. The van der Waals surface area contributed by atoms with Crippen LogP contribution in [0.1, 0.15) is 75.9 Å². The van der Waals surface area contributed by atoms with Crippen LogP contribution < -0.4 is 0 Å². The zero-order valence-electron chi connectivity index (χ0n) is 24.7. The summed E-state index contributed by atoms with van der Waals surface area (Å²) in [7, 11) is 0. The second-order valence-corrected chi connectivity index (χ2v) is 12.8. The van der Waals surface area contributed by atoms with Gasteiger partial charge in [0.05, 0.1) is 24.9 Å². The summed E-state index contributed by atoms with van der Waals surface area (Å²) in [5.74, 6) is 0.970. The number of carbonyl (C=O) groups excluding carboxylic acids is 2. The molecule has 40 heavy (non-hydrogen) atoms. The summed E-state index contributed by atoms with van der Waals surface area (Å²) in [4.78, 5) is 31.0. The third-order valence-electron chi connectivity index (χ3n) is 8.59. The number of unbranched alkanes of at least 4 members (excludes halogenated alkanes) is 1. The topological polar surface area (TPSA) is 81.5 Å². The summed E-state index contributed by atoms with van der Waals surface area (Å²) in [5, 5.41) is 0.919. The first kappa shape index (κ1) is 29.1. The molecular weight excluding hydrogens is 508 g/mol. The number of likely N-dealkylation sites (tertiary alicyclic amines) is 2. The lowest BCUT2D eigenvalue weighted by Gasteiger charge is -2.32. The molecule has 3 fully saturated rings. The van der Waals surface area contributed by atoms with Gasteiger partial charge in [0.25, 0.3) is 5.91 Å². The number of aryl methyl sites for hydroxylation is 1. The van der Waals surface area contributed by atoms with Crippen molar-refractivity contribution in [2.24, 2.45) is 11.3 Å². The van der Waals surface area contributed by atoms with Crippen molar-refractivity contribution in [3.05, 3.63) is 35.6 Å². The minimum Gasteiger partial charge on any atom is -0.460 e. The number of hydrogen-bond donors (Lipinski definition) is 0. The molecule has 4 heterocycles. The summed E-state index contributed by atoms with van der Waals surface area (Å²) in [6.07, 6.45) is 5.63. The molecule has 220 valence electrons. The molecule has 2 atom stereocenters. The summed E-state index contributed by atoms with van der Waals surface area (Å²) >= 11 is 0. The molecule has 0 radical (unpaired) electrons. The molecule has 3 aliphatic heterocycles. The van der Waals surface area contributed by atoms with Crippen molar-refractivity contribution in [1.82, 2.24) is 9.80 Å². The van der Waals surface area contributed by atoms with E-state index in [1.54, 1.807) is 0 Å². The van der Waals surface area contributed by atoms with Gasteiger partial charge in [-0.3, -0.25) is 9.59 Å². The summed E-state index contributed by atoms with van der Waals surface area (Å²) in [6.45, 7) is 13.5. The number of fused-ring (bicyclic) bond motifs is 2. The Morgan fingerprint density at radius 2 is 1.90 bits per heavy atom. The van der Waals surface area contributed by atoms with Gasteiger partial charge >= 0.3 is 5.97 Å². The average molecular weight is 555 g/mol. The first-order valence-electron chi connectivity index (χ1n) is 15.1. The maximum absolute atomic E-state index is 13.6. The molecular formula is C32H46N2O6. The quantitative estimate of drug-likeness (QED) is 0.299. The number of amides is 1. The Morgan fingerprint density at radius 3 is 2.65 bits per heavy atom. The number of benzene rings is 1. The maximum Gasteiger partial charge on any atom is 0.316 e. The van der Waals surface area contributed by atoms with Gasteiger partial charge in [0, 0.05) is 57.1 Å². The molecule has 5 rings (SSSR count). The zero-order valence-corrected chi connectivity index (χ0v) is 24.7. The highest BCUT2D eigenvalue weighted by atomic mass is 16.6. The van der Waals surface area contributed by atoms with Crippen molar-refractivity contribution >= 4 is 22.8 Å². The third kappa shape index (κ3) is 6.24. The minimum atomic E-state index is -0.537. The third-order valence-corrected chi connectivity index (χ3v) is 8.59. The fourth-order valence-corrected chi connectivity index (χ4v) is 6.44. The molecule has 3 aliphatic rings. The number of rotatable bonds is 10. The molecule has 8 heteroatoms. The van der Waals surface area contributed by atoms with E-state index in [9.17, 15) is 9.59 Å². The predicted molar refractivity (Wildman–Crippen MR) is 153 cm³/mol. The standard InChI is InChI=1S/C32H46N2O6/c1-5-6-11-27-28(25-10-7-8-12-26(25)39-27)29(35)34-16-13-24(14-17-34)38-18-9-15-33-19-23-20-37-22-32(23,21-33)30(36)40-31(2,3)4/h7-8,10,12,23-24H,5-6,9,11,13-22H2,1-4H3/t23-,32-/m1/s1. The maximum atomic E-state index is 13.6. The number of hydrogen-bond acceptors (Lipinski definition) is 7. The van der Waals surface area contributed by atoms with Crippen molar-refractivity contribution in [3.8, 4) is 0 Å². The van der Waals surface area contributed by atoms with Crippen molar-refractivity contribution in [2.75, 3.05) is 52.5 Å². The molecule has 0 spiro atoms. The van der Waals surface area contributed by atoms with Crippen LogP contribution in [0.2, 0.25) is 0 Å². The van der Waals surface area contributed by atoms with Crippen LogP contribution in [0.3, 0.4) is 0 Å². The summed E-state index contributed by atoms with van der Waals surface area (Å²) < 4.78 is 23.8. The summed E-state index contributed by atoms with van der Waals surface area (Å²) in [6, 6.07) is 7.86. The Hall–Kier alpha value is -2.42. The van der Waals surface area contributed by atoms with Gasteiger partial charge in [-0.2, -0.15) is 0 Å². The van der Waals surface area contributed by atoms with Crippen LogP contribution in [-0.4, -0.2) is 85.9 Å². The van der Waals surface area contributed by atoms with E-state index in [2.05, 4.69) is 11.8 Å². The van der Waals surface area contributed by atoms with E-state index in [1.807, 2.05) is 49.9 Å². The Labute approximate surface area is 238 Å². The molecule has 0 bridgehead atoms. The van der Waals surface area contributed by atoms with Crippen LogP contribution in [0.5, 0.6) is 0 Å². The SMILES string of the molecule is CCCCc1oc2ccccc2c1C(=O)N1CCC(OCCCN2C[C@@H]3COC[C@]3(C(=O)OC(C)(C)C)C2)CC1. The van der Waals surface area contributed by atoms with Crippen LogP contribution in [0, 0.1) is 11.3 Å². The Bertz CT molecular complexity index is 1180. The number of piperidine rings is 1. The Balaban J connectivity index is 1.07. The van der Waals surface area contributed by atoms with Crippen molar-refractivity contribution in [1.29, 1.82) is 0 Å². The lowest BCUT2D eigenvalue weighted by Crippen LogP contribution is -2.43. The Kier molecular flexibility index (Phi) is 8.88. The van der Waals surface area contributed by atoms with Gasteiger partial charge in [-0.15, -0.1) is 0 Å². The first-order chi connectivity index (χ1) is 19.2. The van der Waals surface area contributed by atoms with Crippen molar-refractivity contribution in [3.63, 3.8) is 0 Å². The highest BCUT2D eigenvalue weighted by molar-refractivity contribution is 6.07. The van der Waals surface area contributed by atoms with Gasteiger partial charge in [0.15, 0.2) is 0 Å². The van der Waals surface area contributed by atoms with Crippen molar-refractivity contribution in [2.45, 2.75) is 77.9 Å². The van der Waals surface area contributed by atoms with Gasteiger partial charge in [-0.05, 0) is 52.5 Å². The van der Waals surface area contributed by atoms with Crippen LogP contribution in [0.25, 0.3) is 11.0 Å². The van der Waals surface area contributed by atoms with E-state index in [4.69, 9.17) is 18.6 Å². The van der Waals surface area contributed by atoms with Gasteiger partial charge < -0.3 is 28.4 Å². The molecule has 2 aromatic rings. The fraction of sp³-hybridized carbons (Fsp3) is 0.688. The number of esters is 1. The van der Waals surface area contributed by atoms with Crippen LogP contribution in [-0.2, 0) is 25.4 Å². The molecule has 1 amide bonds. The van der Waals surface area contributed by atoms with E-state index in [0.29, 0.717) is 39.5 Å². The van der Waals surface area contributed by atoms with Crippen LogP contribution >= 0.6 is 0 Å².